The molecule has 2 aromatic rings. The average molecular weight is 403 g/mol. The molecule has 2 heterocycles. The van der Waals surface area contributed by atoms with Gasteiger partial charge >= 0.3 is 6.09 Å². The van der Waals surface area contributed by atoms with Crippen LogP contribution in [0.1, 0.15) is 39.9 Å². The molecule has 2 bridgehead atoms. The van der Waals surface area contributed by atoms with Crippen molar-refractivity contribution >= 4 is 18.0 Å². The minimum Gasteiger partial charge on any atom is -0.445 e. The number of hydrogen-bond donors (Lipinski definition) is 0. The lowest BCUT2D eigenvalue weighted by atomic mass is 9.79. The number of fused-ring (bicyclic) bond motifs is 3. The van der Waals surface area contributed by atoms with Crippen molar-refractivity contribution in [2.45, 2.75) is 38.0 Å². The fourth-order valence-corrected chi connectivity index (χ4v) is 4.96. The predicted molar refractivity (Wildman–Crippen MR) is 113 cm³/mol. The van der Waals surface area contributed by atoms with Gasteiger partial charge in [-0.25, -0.2) is 4.79 Å². The summed E-state index contributed by atoms with van der Waals surface area (Å²) in [4.78, 5) is 28.0. The molecule has 0 radical (unpaired) electrons. The van der Waals surface area contributed by atoms with E-state index in [1.54, 1.807) is 0 Å². The summed E-state index contributed by atoms with van der Waals surface area (Å²) in [7, 11) is 0. The maximum atomic E-state index is 13.4. The van der Waals surface area contributed by atoms with Gasteiger partial charge in [0.15, 0.2) is 5.78 Å². The molecule has 5 nitrogen and oxygen atoms in total. The Balaban J connectivity index is 1.29. The van der Waals surface area contributed by atoms with Crippen LogP contribution in [0.3, 0.4) is 0 Å². The van der Waals surface area contributed by atoms with Crippen LogP contribution in [-0.4, -0.2) is 42.1 Å². The number of piperidine rings is 1. The van der Waals surface area contributed by atoms with Gasteiger partial charge in [0.2, 0.25) is 0 Å². The molecular formula is C25H25NO4. The summed E-state index contributed by atoms with van der Waals surface area (Å²) in [5.74, 6) is 0.110. The summed E-state index contributed by atoms with van der Waals surface area (Å²) in [5.41, 5.74) is 4.07. The Morgan fingerprint density at radius 1 is 1.00 bits per heavy atom. The van der Waals surface area contributed by atoms with Crippen LogP contribution >= 0.6 is 0 Å². The van der Waals surface area contributed by atoms with Crippen LogP contribution in [0, 0.1) is 5.92 Å². The molecule has 5 heteroatoms. The van der Waals surface area contributed by atoms with E-state index in [0.29, 0.717) is 26.1 Å². The lowest BCUT2D eigenvalue weighted by Gasteiger charge is -2.47. The summed E-state index contributed by atoms with van der Waals surface area (Å²) in [6, 6.07) is 15.4. The average Bonchev–Trinajstić information content (AvgIpc) is 3.26. The molecule has 30 heavy (non-hydrogen) atoms. The Morgan fingerprint density at radius 3 is 2.53 bits per heavy atom. The molecule has 2 unspecified atom stereocenters. The van der Waals surface area contributed by atoms with Gasteiger partial charge in [-0.2, -0.15) is 0 Å². The smallest absolute Gasteiger partial charge is 0.410 e. The molecule has 5 rings (SSSR count). The van der Waals surface area contributed by atoms with Crippen LogP contribution in [0.5, 0.6) is 0 Å². The Bertz CT molecular complexity index is 970. The Kier molecular flexibility index (Phi) is 5.13. The molecular weight excluding hydrogens is 378 g/mol. The molecule has 2 saturated heterocycles. The van der Waals surface area contributed by atoms with Crippen molar-refractivity contribution in [2.24, 2.45) is 5.92 Å². The van der Waals surface area contributed by atoms with E-state index in [1.807, 2.05) is 47.4 Å². The third-order valence-corrected chi connectivity index (χ3v) is 6.40. The van der Waals surface area contributed by atoms with Gasteiger partial charge in [-0.1, -0.05) is 60.7 Å². The second-order valence-electron chi connectivity index (χ2n) is 8.30. The molecule has 0 aromatic heterocycles. The number of hydrogen-bond acceptors (Lipinski definition) is 4. The summed E-state index contributed by atoms with van der Waals surface area (Å²) in [6.07, 6.45) is 5.93. The summed E-state index contributed by atoms with van der Waals surface area (Å²) in [5, 5.41) is 0. The van der Waals surface area contributed by atoms with E-state index in [0.717, 1.165) is 28.7 Å². The van der Waals surface area contributed by atoms with Gasteiger partial charge in [0.25, 0.3) is 0 Å². The maximum Gasteiger partial charge on any atom is 0.410 e. The maximum absolute atomic E-state index is 13.4. The summed E-state index contributed by atoms with van der Waals surface area (Å²) in [6.45, 7) is 1.16. The third-order valence-electron chi connectivity index (χ3n) is 6.40. The van der Waals surface area contributed by atoms with Crippen LogP contribution in [0.2, 0.25) is 0 Å². The number of morpholine rings is 1. The largest absolute Gasteiger partial charge is 0.445 e. The number of rotatable bonds is 4. The number of allylic oxidation sites excluding steroid dienone is 1. The van der Waals surface area contributed by atoms with E-state index < -0.39 is 0 Å². The Morgan fingerprint density at radius 2 is 1.77 bits per heavy atom. The van der Waals surface area contributed by atoms with Gasteiger partial charge in [-0.15, -0.1) is 0 Å². The number of nitrogens with zero attached hydrogens (tertiary/aromatic N) is 1. The van der Waals surface area contributed by atoms with Crippen molar-refractivity contribution in [2.75, 3.05) is 13.2 Å². The van der Waals surface area contributed by atoms with Crippen LogP contribution in [-0.2, 0) is 22.5 Å². The zero-order chi connectivity index (χ0) is 20.5. The number of carbonyl (C=O) groups excluding carboxylic acids is 2. The minimum absolute atomic E-state index is 0.0887. The zero-order valence-electron chi connectivity index (χ0n) is 16.8. The molecule has 3 aliphatic rings. The first kappa shape index (κ1) is 19.1. The van der Waals surface area contributed by atoms with Gasteiger partial charge in [0.1, 0.15) is 6.61 Å². The normalized spacial score (nSPS) is 24.4. The van der Waals surface area contributed by atoms with Gasteiger partial charge in [0, 0.05) is 11.5 Å². The van der Waals surface area contributed by atoms with E-state index in [9.17, 15) is 9.59 Å². The van der Waals surface area contributed by atoms with Crippen molar-refractivity contribution in [3.05, 3.63) is 76.9 Å². The van der Waals surface area contributed by atoms with E-state index >= 15 is 0 Å². The van der Waals surface area contributed by atoms with E-state index in [-0.39, 0.29) is 36.5 Å². The van der Waals surface area contributed by atoms with Gasteiger partial charge < -0.3 is 9.47 Å². The third kappa shape index (κ3) is 3.54. The topological polar surface area (TPSA) is 55.8 Å². The van der Waals surface area contributed by atoms with E-state index in [1.165, 1.54) is 0 Å². The van der Waals surface area contributed by atoms with Crippen LogP contribution in [0.15, 0.2) is 54.6 Å². The van der Waals surface area contributed by atoms with Crippen LogP contribution in [0.4, 0.5) is 4.79 Å². The number of amides is 1. The number of ether oxygens (including phenoxy) is 2. The molecule has 0 spiro atoms. The van der Waals surface area contributed by atoms with E-state index in [4.69, 9.17) is 9.47 Å². The number of Topliss-reactive ketones (excluding diaryl/α,β-unsaturated/α-hetero) is 1. The molecule has 2 atom stereocenters. The quantitative estimate of drug-likeness (QED) is 0.716. The highest BCUT2D eigenvalue weighted by atomic mass is 16.6. The monoisotopic (exact) mass is 403 g/mol. The Labute approximate surface area is 176 Å². The van der Waals surface area contributed by atoms with Crippen molar-refractivity contribution < 1.29 is 19.1 Å². The van der Waals surface area contributed by atoms with Crippen LogP contribution < -0.4 is 0 Å². The standard InChI is InChI=1S/C25H25NO4/c27-24(23-11-5-9-18-8-4-10-22(18)23)19-12-20-15-29-16-21(13-19)26(20)25(28)30-14-17-6-2-1-3-7-17/h1-9,11,19-21H,10,12-16H2. The number of benzene rings is 2. The fourth-order valence-electron chi connectivity index (χ4n) is 4.96. The Hall–Kier alpha value is -2.92. The fraction of sp³-hybridized carbons (Fsp3) is 0.360. The summed E-state index contributed by atoms with van der Waals surface area (Å²) >= 11 is 0. The SMILES string of the molecule is O=C(c1cccc2c1CC=C2)C1CC2COCC(C1)N2C(=O)OCc1ccccc1. The second-order valence-corrected chi connectivity index (χ2v) is 8.30. The van der Waals surface area contributed by atoms with Gasteiger partial charge in [-0.05, 0) is 36.0 Å². The molecule has 1 amide bonds. The van der Waals surface area contributed by atoms with E-state index in [2.05, 4.69) is 18.2 Å². The molecule has 154 valence electrons. The first-order valence-electron chi connectivity index (χ1n) is 10.6. The molecule has 2 aliphatic heterocycles. The second kappa shape index (κ2) is 8.07. The highest BCUT2D eigenvalue weighted by molar-refractivity contribution is 6.00. The number of carbonyl (C=O) groups is 2. The van der Waals surface area contributed by atoms with Crippen molar-refractivity contribution in [3.8, 4) is 0 Å². The highest BCUT2D eigenvalue weighted by Gasteiger charge is 2.44. The van der Waals surface area contributed by atoms with Crippen molar-refractivity contribution in [1.82, 2.24) is 4.90 Å². The molecule has 2 aromatic carbocycles. The first-order chi connectivity index (χ1) is 14.7. The first-order valence-corrected chi connectivity index (χ1v) is 10.6. The zero-order valence-corrected chi connectivity index (χ0v) is 16.8. The highest BCUT2D eigenvalue weighted by Crippen LogP contribution is 2.35. The van der Waals surface area contributed by atoms with Gasteiger partial charge in [-0.3, -0.25) is 9.69 Å². The molecule has 2 fully saturated rings. The lowest BCUT2D eigenvalue weighted by molar-refractivity contribution is -0.0755. The van der Waals surface area contributed by atoms with Crippen LogP contribution in [0.25, 0.3) is 6.08 Å². The lowest BCUT2D eigenvalue weighted by Crippen LogP contribution is -2.60. The molecule has 0 N–H and O–H groups in total. The molecule has 0 saturated carbocycles. The predicted octanol–water partition coefficient (Wildman–Crippen LogP) is 4.25. The van der Waals surface area contributed by atoms with Gasteiger partial charge in [0.05, 0.1) is 25.3 Å². The summed E-state index contributed by atoms with van der Waals surface area (Å²) < 4.78 is 11.3. The van der Waals surface area contributed by atoms with Crippen molar-refractivity contribution in [1.29, 1.82) is 0 Å². The van der Waals surface area contributed by atoms with Crippen molar-refractivity contribution in [3.63, 3.8) is 0 Å². The minimum atomic E-state index is -0.312. The molecule has 1 aliphatic carbocycles. The number of ketones is 1.